The number of rotatable bonds is 3. The molecule has 3 rings (SSSR count). The number of sulfonamides is 1. The second-order valence-corrected chi connectivity index (χ2v) is 9.91. The minimum atomic E-state index is -3.81. The number of aryl methyl sites for hydroxylation is 3. The highest BCUT2D eigenvalue weighted by molar-refractivity contribution is 7.92. The molecule has 0 aliphatic heterocycles. The molecule has 1 atom stereocenters. The van der Waals surface area contributed by atoms with Gasteiger partial charge in [-0.15, -0.1) is 11.3 Å². The smallest absolute Gasteiger partial charge is 0.273 e. The fourth-order valence-corrected chi connectivity index (χ4v) is 5.67. The zero-order valence-electron chi connectivity index (χ0n) is 14.0. The van der Waals surface area contributed by atoms with Crippen LogP contribution in [0, 0.1) is 19.3 Å². The van der Waals surface area contributed by atoms with Gasteiger partial charge >= 0.3 is 0 Å². The van der Waals surface area contributed by atoms with Crippen molar-refractivity contribution in [1.82, 2.24) is 4.72 Å². The molecule has 0 spiro atoms. The number of benzene rings is 1. The van der Waals surface area contributed by atoms with Gasteiger partial charge < -0.3 is 0 Å². The number of thiophene rings is 1. The maximum atomic E-state index is 12.7. The van der Waals surface area contributed by atoms with E-state index in [-0.39, 0.29) is 4.21 Å². The minimum absolute atomic E-state index is 0.200. The fraction of sp³-hybridized carbons (Fsp3) is 0.389. The Morgan fingerprint density at radius 1 is 1.21 bits per heavy atom. The molecule has 1 N–H and O–H groups in total. The molecule has 1 aliphatic carbocycles. The number of nitrogens with one attached hydrogen (secondary N) is 1. The van der Waals surface area contributed by atoms with Crippen LogP contribution < -0.4 is 4.72 Å². The Bertz CT molecular complexity index is 879. The van der Waals surface area contributed by atoms with Gasteiger partial charge in [0.25, 0.3) is 10.0 Å². The van der Waals surface area contributed by atoms with Crippen LogP contribution in [0.15, 0.2) is 34.5 Å². The minimum Gasteiger partial charge on any atom is -0.273 e. The van der Waals surface area contributed by atoms with Crippen molar-refractivity contribution in [2.45, 2.75) is 44.2 Å². The van der Waals surface area contributed by atoms with Gasteiger partial charge in [-0.3, -0.25) is 4.79 Å². The molecule has 4 nitrogen and oxygen atoms in total. The first-order chi connectivity index (χ1) is 11.2. The number of carbonyl (C=O) groups is 1. The Morgan fingerprint density at radius 2 is 1.88 bits per heavy atom. The summed E-state index contributed by atoms with van der Waals surface area (Å²) in [6.07, 6.45) is 2.00. The van der Waals surface area contributed by atoms with E-state index in [2.05, 4.69) is 10.8 Å². The van der Waals surface area contributed by atoms with Gasteiger partial charge in [-0.1, -0.05) is 31.2 Å². The summed E-state index contributed by atoms with van der Waals surface area (Å²) >= 11 is 1.19. The largest absolute Gasteiger partial charge is 0.273 e. The maximum Gasteiger partial charge on any atom is 0.273 e. The van der Waals surface area contributed by atoms with E-state index in [0.29, 0.717) is 12.8 Å². The first kappa shape index (κ1) is 17.2. The molecular formula is C18H21NO3S2. The number of hydrogen-bond acceptors (Lipinski definition) is 4. The summed E-state index contributed by atoms with van der Waals surface area (Å²) in [6, 6.07) is 9.65. The van der Waals surface area contributed by atoms with Gasteiger partial charge in [0, 0.05) is 4.88 Å². The van der Waals surface area contributed by atoms with Crippen molar-refractivity contribution in [3.8, 4) is 0 Å². The van der Waals surface area contributed by atoms with Crippen molar-refractivity contribution in [2.24, 2.45) is 5.41 Å². The van der Waals surface area contributed by atoms with Gasteiger partial charge in [-0.2, -0.15) is 0 Å². The van der Waals surface area contributed by atoms with E-state index in [1.165, 1.54) is 16.9 Å². The first-order valence-electron chi connectivity index (χ1n) is 7.92. The highest BCUT2D eigenvalue weighted by Gasteiger charge is 2.39. The van der Waals surface area contributed by atoms with Crippen LogP contribution in [-0.2, 0) is 27.7 Å². The van der Waals surface area contributed by atoms with E-state index in [1.54, 1.807) is 6.07 Å². The lowest BCUT2D eigenvalue weighted by atomic mass is 9.72. The Labute approximate surface area is 147 Å². The summed E-state index contributed by atoms with van der Waals surface area (Å²) in [7, 11) is -3.81. The van der Waals surface area contributed by atoms with Crippen molar-refractivity contribution in [3.63, 3.8) is 0 Å². The normalized spacial score (nSPS) is 20.5. The maximum absolute atomic E-state index is 12.7. The van der Waals surface area contributed by atoms with E-state index < -0.39 is 21.3 Å². The van der Waals surface area contributed by atoms with Crippen molar-refractivity contribution >= 4 is 27.3 Å². The van der Waals surface area contributed by atoms with Crippen LogP contribution in [0.25, 0.3) is 0 Å². The molecule has 0 saturated heterocycles. The van der Waals surface area contributed by atoms with Crippen LogP contribution in [0.2, 0.25) is 0 Å². The molecule has 1 aromatic heterocycles. The lowest BCUT2D eigenvalue weighted by Crippen LogP contribution is -2.44. The molecule has 1 heterocycles. The van der Waals surface area contributed by atoms with Crippen LogP contribution in [0.5, 0.6) is 0 Å². The van der Waals surface area contributed by atoms with Gasteiger partial charge in [-0.05, 0) is 55.9 Å². The van der Waals surface area contributed by atoms with Crippen molar-refractivity contribution in [3.05, 3.63) is 51.9 Å². The summed E-state index contributed by atoms with van der Waals surface area (Å²) in [6.45, 7) is 5.59. The molecule has 1 aliphatic rings. The van der Waals surface area contributed by atoms with E-state index in [9.17, 15) is 13.2 Å². The molecule has 0 fully saturated rings. The van der Waals surface area contributed by atoms with E-state index in [1.807, 2.05) is 39.0 Å². The summed E-state index contributed by atoms with van der Waals surface area (Å²) in [5.41, 5.74) is 2.59. The van der Waals surface area contributed by atoms with Crippen LogP contribution in [0.1, 0.15) is 34.9 Å². The predicted octanol–water partition coefficient (Wildman–Crippen LogP) is 3.37. The molecule has 1 aromatic carbocycles. The van der Waals surface area contributed by atoms with Gasteiger partial charge in [-0.25, -0.2) is 13.1 Å². The first-order valence-corrected chi connectivity index (χ1v) is 10.2. The quantitative estimate of drug-likeness (QED) is 0.909. The third kappa shape index (κ3) is 3.13. The van der Waals surface area contributed by atoms with Gasteiger partial charge in [0.15, 0.2) is 0 Å². The third-order valence-corrected chi connectivity index (χ3v) is 7.79. The summed E-state index contributed by atoms with van der Waals surface area (Å²) in [5.74, 6) is -0.416. The Hall–Kier alpha value is -1.66. The van der Waals surface area contributed by atoms with Gasteiger partial charge in [0.05, 0.1) is 5.41 Å². The highest BCUT2D eigenvalue weighted by atomic mass is 32.2. The lowest BCUT2D eigenvalue weighted by molar-refractivity contribution is -0.128. The Morgan fingerprint density at radius 3 is 2.50 bits per heavy atom. The van der Waals surface area contributed by atoms with Crippen molar-refractivity contribution in [1.29, 1.82) is 0 Å². The highest BCUT2D eigenvalue weighted by Crippen LogP contribution is 2.36. The van der Waals surface area contributed by atoms with Crippen molar-refractivity contribution in [2.75, 3.05) is 0 Å². The molecule has 6 heteroatoms. The van der Waals surface area contributed by atoms with Crippen LogP contribution >= 0.6 is 11.3 Å². The molecule has 24 heavy (non-hydrogen) atoms. The number of hydrogen-bond donors (Lipinski definition) is 1. The molecule has 1 amide bonds. The Kier molecular flexibility index (Phi) is 4.30. The van der Waals surface area contributed by atoms with Gasteiger partial charge in [0.1, 0.15) is 4.21 Å². The predicted molar refractivity (Wildman–Crippen MR) is 95.7 cm³/mol. The summed E-state index contributed by atoms with van der Waals surface area (Å²) in [4.78, 5) is 13.7. The average Bonchev–Trinajstić information content (AvgIpc) is 2.87. The summed E-state index contributed by atoms with van der Waals surface area (Å²) in [5, 5.41) is 0. The van der Waals surface area contributed by atoms with E-state index in [4.69, 9.17) is 0 Å². The van der Waals surface area contributed by atoms with Crippen molar-refractivity contribution < 1.29 is 13.2 Å². The van der Waals surface area contributed by atoms with E-state index in [0.717, 1.165) is 22.4 Å². The van der Waals surface area contributed by atoms with Crippen LogP contribution in [0.3, 0.4) is 0 Å². The number of amides is 1. The molecule has 0 saturated carbocycles. The molecule has 128 valence electrons. The number of fused-ring (bicyclic) bond motifs is 1. The topological polar surface area (TPSA) is 63.2 Å². The molecule has 0 bridgehead atoms. The SMILES string of the molecule is Cc1cc(S(=O)(=O)NC(=O)C2(C)CCc3ccccc3C2)sc1C. The zero-order valence-corrected chi connectivity index (χ0v) is 15.7. The second-order valence-electron chi connectivity index (χ2n) is 6.75. The van der Waals surface area contributed by atoms with Crippen LogP contribution in [-0.4, -0.2) is 14.3 Å². The molecule has 0 radical (unpaired) electrons. The molecule has 1 unspecified atom stereocenters. The zero-order chi connectivity index (χ0) is 17.5. The summed E-state index contributed by atoms with van der Waals surface area (Å²) < 4.78 is 27.5. The third-order valence-electron chi connectivity index (χ3n) is 4.83. The van der Waals surface area contributed by atoms with E-state index >= 15 is 0 Å². The van der Waals surface area contributed by atoms with Gasteiger partial charge in [0.2, 0.25) is 5.91 Å². The number of carbonyl (C=O) groups excluding carboxylic acids is 1. The average molecular weight is 364 g/mol. The molecular weight excluding hydrogens is 342 g/mol. The second kappa shape index (κ2) is 6.01. The fourth-order valence-electron chi connectivity index (χ4n) is 3.05. The lowest BCUT2D eigenvalue weighted by Gasteiger charge is -2.33. The van der Waals surface area contributed by atoms with Crippen LogP contribution in [0.4, 0.5) is 0 Å². The molecule has 2 aromatic rings. The monoisotopic (exact) mass is 363 g/mol. The Balaban J connectivity index is 1.82. The standard InChI is InChI=1S/C18H21NO3S2/c1-12-10-16(23-13(12)2)24(21,22)19-17(20)18(3)9-8-14-6-4-5-7-15(14)11-18/h4-7,10H,8-9,11H2,1-3H3,(H,19,20).